The normalized spacial score (nSPS) is 15.2. The van der Waals surface area contributed by atoms with Gasteiger partial charge in [0.15, 0.2) is 0 Å². The molecule has 5 heteroatoms. The number of nitrogens with two attached hydrogens (primary N) is 1. The largest absolute Gasteiger partial charge is 0.396 e. The first-order valence-corrected chi connectivity index (χ1v) is 6.36. The summed E-state index contributed by atoms with van der Waals surface area (Å²) < 4.78 is 0. The number of aliphatic hydroxyl groups excluding tert-OH is 1. The van der Waals surface area contributed by atoms with Gasteiger partial charge in [-0.15, -0.1) is 0 Å². The maximum Gasteiger partial charge on any atom is 0.257 e. The van der Waals surface area contributed by atoms with E-state index in [2.05, 4.69) is 4.98 Å². The van der Waals surface area contributed by atoms with E-state index >= 15 is 0 Å². The van der Waals surface area contributed by atoms with Gasteiger partial charge in [-0.1, -0.05) is 0 Å². The van der Waals surface area contributed by atoms with E-state index in [0.717, 1.165) is 19.3 Å². The molecule has 1 aromatic rings. The Hall–Kier alpha value is -1.62. The highest BCUT2D eigenvalue weighted by Gasteiger charge is 2.29. The van der Waals surface area contributed by atoms with Crippen LogP contribution in [0.5, 0.6) is 0 Å². The Morgan fingerprint density at radius 2 is 2.33 bits per heavy atom. The van der Waals surface area contributed by atoms with Gasteiger partial charge in [-0.2, -0.15) is 0 Å². The molecular weight excluding hydrogens is 230 g/mol. The van der Waals surface area contributed by atoms with Crippen LogP contribution in [0.4, 0.5) is 5.82 Å². The van der Waals surface area contributed by atoms with Crippen LogP contribution in [0, 0.1) is 0 Å². The second kappa shape index (κ2) is 5.82. The first kappa shape index (κ1) is 12.8. The predicted molar refractivity (Wildman–Crippen MR) is 69.0 cm³/mol. The van der Waals surface area contributed by atoms with Crippen molar-refractivity contribution in [3.63, 3.8) is 0 Å². The lowest BCUT2D eigenvalue weighted by Crippen LogP contribution is -2.45. The maximum atomic E-state index is 12.4. The number of amides is 1. The fraction of sp³-hybridized carbons (Fsp3) is 0.538. The number of aromatic nitrogens is 1. The molecule has 1 fully saturated rings. The van der Waals surface area contributed by atoms with E-state index in [1.54, 1.807) is 18.3 Å². The number of carbonyl (C=O) groups excluding carboxylic acids is 1. The standard InChI is InChI=1S/C13H19N3O2/c14-12-11(6-2-7-15-12)13(18)16(8-3-9-17)10-4-1-5-10/h2,6-7,10,17H,1,3-5,8-9H2,(H2,14,15). The summed E-state index contributed by atoms with van der Waals surface area (Å²) in [7, 11) is 0. The predicted octanol–water partition coefficient (Wildman–Crippen LogP) is 1.04. The van der Waals surface area contributed by atoms with Gasteiger partial charge in [0.2, 0.25) is 0 Å². The van der Waals surface area contributed by atoms with Crippen molar-refractivity contribution in [2.24, 2.45) is 0 Å². The van der Waals surface area contributed by atoms with Crippen molar-refractivity contribution in [2.75, 3.05) is 18.9 Å². The summed E-state index contributed by atoms with van der Waals surface area (Å²) in [5.74, 6) is 0.203. The third-order valence-electron chi connectivity index (χ3n) is 3.40. The fourth-order valence-electron chi connectivity index (χ4n) is 2.14. The summed E-state index contributed by atoms with van der Waals surface area (Å²) in [6.07, 6.45) is 5.42. The molecule has 1 aromatic heterocycles. The number of anilines is 1. The Bertz CT molecular complexity index is 418. The van der Waals surface area contributed by atoms with Gasteiger partial charge in [0.05, 0.1) is 5.56 Å². The SMILES string of the molecule is Nc1ncccc1C(=O)N(CCCO)C1CCC1. The molecule has 1 aliphatic carbocycles. The van der Waals surface area contributed by atoms with Gasteiger partial charge < -0.3 is 15.7 Å². The fourth-order valence-corrected chi connectivity index (χ4v) is 2.14. The molecule has 3 N–H and O–H groups in total. The maximum absolute atomic E-state index is 12.4. The summed E-state index contributed by atoms with van der Waals surface area (Å²) in [6.45, 7) is 0.674. The van der Waals surface area contributed by atoms with Gasteiger partial charge in [0, 0.05) is 25.4 Å². The minimum Gasteiger partial charge on any atom is -0.396 e. The van der Waals surface area contributed by atoms with Gasteiger partial charge >= 0.3 is 0 Å². The van der Waals surface area contributed by atoms with Crippen molar-refractivity contribution in [1.82, 2.24) is 9.88 Å². The van der Waals surface area contributed by atoms with Crippen LogP contribution in [0.2, 0.25) is 0 Å². The minimum absolute atomic E-state index is 0.0706. The van der Waals surface area contributed by atoms with Gasteiger partial charge in [-0.05, 0) is 37.8 Å². The molecule has 2 rings (SSSR count). The number of carbonyl (C=O) groups is 1. The molecule has 0 aliphatic heterocycles. The highest BCUT2D eigenvalue weighted by Crippen LogP contribution is 2.27. The average molecular weight is 249 g/mol. The minimum atomic E-state index is -0.0706. The Kier molecular flexibility index (Phi) is 4.15. The summed E-state index contributed by atoms with van der Waals surface area (Å²) in [6, 6.07) is 3.72. The number of hydrogen-bond donors (Lipinski definition) is 2. The van der Waals surface area contributed by atoms with Crippen molar-refractivity contribution < 1.29 is 9.90 Å². The Labute approximate surface area is 107 Å². The highest BCUT2D eigenvalue weighted by atomic mass is 16.3. The zero-order valence-corrected chi connectivity index (χ0v) is 10.4. The lowest BCUT2D eigenvalue weighted by Gasteiger charge is -2.37. The van der Waals surface area contributed by atoms with E-state index in [9.17, 15) is 4.79 Å². The molecule has 18 heavy (non-hydrogen) atoms. The Balaban J connectivity index is 2.14. The summed E-state index contributed by atoms with van der Waals surface area (Å²) in [5.41, 5.74) is 6.20. The molecule has 0 aromatic carbocycles. The van der Waals surface area contributed by atoms with E-state index < -0.39 is 0 Å². The molecule has 0 bridgehead atoms. The second-order valence-corrected chi connectivity index (χ2v) is 4.60. The third kappa shape index (κ3) is 2.61. The molecule has 1 amide bonds. The summed E-state index contributed by atoms with van der Waals surface area (Å²) in [4.78, 5) is 18.2. The summed E-state index contributed by atoms with van der Waals surface area (Å²) in [5, 5.41) is 8.92. The van der Waals surface area contributed by atoms with Crippen LogP contribution in [0.25, 0.3) is 0 Å². The van der Waals surface area contributed by atoms with Crippen LogP contribution >= 0.6 is 0 Å². The van der Waals surface area contributed by atoms with Gasteiger partial charge in [-0.3, -0.25) is 4.79 Å². The molecular formula is C13H19N3O2. The van der Waals surface area contributed by atoms with Crippen molar-refractivity contribution in [2.45, 2.75) is 31.7 Å². The summed E-state index contributed by atoms with van der Waals surface area (Å²) >= 11 is 0. The van der Waals surface area contributed by atoms with Crippen molar-refractivity contribution in [3.8, 4) is 0 Å². The number of rotatable bonds is 5. The number of nitrogen functional groups attached to an aromatic ring is 1. The molecule has 0 radical (unpaired) electrons. The zero-order valence-electron chi connectivity index (χ0n) is 10.4. The van der Waals surface area contributed by atoms with Gasteiger partial charge in [-0.25, -0.2) is 4.98 Å². The zero-order chi connectivity index (χ0) is 13.0. The number of pyridine rings is 1. The first-order valence-electron chi connectivity index (χ1n) is 6.36. The van der Waals surface area contributed by atoms with Crippen LogP contribution in [0.1, 0.15) is 36.0 Å². The van der Waals surface area contributed by atoms with Crippen LogP contribution < -0.4 is 5.73 Å². The van der Waals surface area contributed by atoms with Crippen molar-refractivity contribution >= 4 is 11.7 Å². The smallest absolute Gasteiger partial charge is 0.257 e. The van der Waals surface area contributed by atoms with E-state index in [1.807, 2.05) is 4.90 Å². The lowest BCUT2D eigenvalue weighted by molar-refractivity contribution is 0.0563. The van der Waals surface area contributed by atoms with Crippen LogP contribution in [-0.4, -0.2) is 40.1 Å². The monoisotopic (exact) mass is 249 g/mol. The average Bonchev–Trinajstić information content (AvgIpc) is 2.32. The number of nitrogens with zero attached hydrogens (tertiary/aromatic N) is 2. The van der Waals surface area contributed by atoms with Gasteiger partial charge in [0.1, 0.15) is 5.82 Å². The number of aliphatic hydroxyl groups is 1. The molecule has 1 heterocycles. The van der Waals surface area contributed by atoms with E-state index in [4.69, 9.17) is 10.8 Å². The molecule has 0 atom stereocenters. The highest BCUT2D eigenvalue weighted by molar-refractivity contribution is 5.98. The topological polar surface area (TPSA) is 79.5 Å². The Morgan fingerprint density at radius 3 is 2.89 bits per heavy atom. The van der Waals surface area contributed by atoms with E-state index in [0.29, 0.717) is 24.6 Å². The quantitative estimate of drug-likeness (QED) is 0.817. The molecule has 0 saturated heterocycles. The first-order chi connectivity index (χ1) is 8.74. The molecule has 1 aliphatic rings. The second-order valence-electron chi connectivity index (χ2n) is 4.60. The molecule has 1 saturated carbocycles. The van der Waals surface area contributed by atoms with Crippen LogP contribution in [-0.2, 0) is 0 Å². The molecule has 0 unspecified atom stereocenters. The number of hydrogen-bond acceptors (Lipinski definition) is 4. The van der Waals surface area contributed by atoms with Gasteiger partial charge in [0.25, 0.3) is 5.91 Å². The third-order valence-corrected chi connectivity index (χ3v) is 3.40. The molecule has 0 spiro atoms. The van der Waals surface area contributed by atoms with Crippen LogP contribution in [0.15, 0.2) is 18.3 Å². The van der Waals surface area contributed by atoms with Crippen molar-refractivity contribution in [3.05, 3.63) is 23.9 Å². The lowest BCUT2D eigenvalue weighted by atomic mass is 9.91. The van der Waals surface area contributed by atoms with E-state index in [-0.39, 0.29) is 18.3 Å². The van der Waals surface area contributed by atoms with E-state index in [1.165, 1.54) is 0 Å². The van der Waals surface area contributed by atoms with Crippen molar-refractivity contribution in [1.29, 1.82) is 0 Å². The Morgan fingerprint density at radius 1 is 1.56 bits per heavy atom. The molecule has 98 valence electrons. The molecule has 5 nitrogen and oxygen atoms in total. The van der Waals surface area contributed by atoms with Crippen LogP contribution in [0.3, 0.4) is 0 Å².